The minimum absolute atomic E-state index is 0.153. The van der Waals surface area contributed by atoms with Gasteiger partial charge in [0.2, 0.25) is 5.91 Å². The molecule has 9 heteroatoms. The molecule has 0 aliphatic carbocycles. The van der Waals surface area contributed by atoms with E-state index in [1.54, 1.807) is 6.08 Å². The molecule has 7 nitrogen and oxygen atoms in total. The minimum Gasteiger partial charge on any atom is -0.486 e. The van der Waals surface area contributed by atoms with Gasteiger partial charge in [-0.3, -0.25) is 9.36 Å². The molecule has 2 aromatic heterocycles. The van der Waals surface area contributed by atoms with Gasteiger partial charge in [-0.25, -0.2) is 4.98 Å². The van der Waals surface area contributed by atoms with Gasteiger partial charge in [-0.2, -0.15) is 0 Å². The summed E-state index contributed by atoms with van der Waals surface area (Å²) in [6, 6.07) is 17.9. The first-order chi connectivity index (χ1) is 17.0. The van der Waals surface area contributed by atoms with Crippen molar-refractivity contribution in [1.82, 2.24) is 19.7 Å². The van der Waals surface area contributed by atoms with E-state index in [1.807, 2.05) is 52.4 Å². The number of anilines is 1. The Morgan fingerprint density at radius 3 is 2.66 bits per heavy atom. The Hall–Kier alpha value is -3.43. The minimum atomic E-state index is -0.153. The maximum Gasteiger partial charge on any atom is 0.236 e. The lowest BCUT2D eigenvalue weighted by Crippen LogP contribution is -2.15. The van der Waals surface area contributed by atoms with Gasteiger partial charge in [-0.1, -0.05) is 74.1 Å². The number of nitrogens with one attached hydrogen (secondary N) is 1. The number of thiazole rings is 1. The van der Waals surface area contributed by atoms with Crippen molar-refractivity contribution in [3.63, 3.8) is 0 Å². The van der Waals surface area contributed by atoms with Crippen molar-refractivity contribution in [3.05, 3.63) is 84.0 Å². The first kappa shape index (κ1) is 24.7. The maximum atomic E-state index is 12.5. The fourth-order valence-electron chi connectivity index (χ4n) is 3.30. The van der Waals surface area contributed by atoms with Crippen LogP contribution in [-0.2, 0) is 17.9 Å². The van der Waals surface area contributed by atoms with Crippen LogP contribution in [0.3, 0.4) is 0 Å². The van der Waals surface area contributed by atoms with Gasteiger partial charge in [0.15, 0.2) is 16.1 Å². The molecule has 0 saturated carbocycles. The van der Waals surface area contributed by atoms with Crippen LogP contribution >= 0.6 is 23.1 Å². The van der Waals surface area contributed by atoms with Gasteiger partial charge >= 0.3 is 0 Å². The number of hydrogen-bond donors (Lipinski definition) is 1. The third-order valence-corrected chi connectivity index (χ3v) is 6.90. The molecular formula is C26H27N5O2S2. The summed E-state index contributed by atoms with van der Waals surface area (Å²) in [5, 5.41) is 14.5. The number of nitrogens with zero attached hydrogens (tertiary/aromatic N) is 4. The molecule has 0 radical (unpaired) electrons. The Morgan fingerprint density at radius 1 is 1.17 bits per heavy atom. The molecule has 1 N–H and O–H groups in total. The van der Waals surface area contributed by atoms with E-state index in [0.29, 0.717) is 28.6 Å². The number of allylic oxidation sites excluding steroid dienone is 1. The molecule has 0 fully saturated rings. The predicted octanol–water partition coefficient (Wildman–Crippen LogP) is 6.02. The highest BCUT2D eigenvalue weighted by atomic mass is 32.2. The van der Waals surface area contributed by atoms with E-state index in [0.717, 1.165) is 17.0 Å². The van der Waals surface area contributed by atoms with E-state index in [2.05, 4.69) is 53.1 Å². The van der Waals surface area contributed by atoms with Crippen LogP contribution < -0.4 is 10.1 Å². The number of benzene rings is 2. The second-order valence-corrected chi connectivity index (χ2v) is 9.85. The van der Waals surface area contributed by atoms with Crippen molar-refractivity contribution < 1.29 is 9.53 Å². The van der Waals surface area contributed by atoms with Crippen LogP contribution in [0.15, 0.2) is 77.8 Å². The average Bonchev–Trinajstić information content (AvgIpc) is 3.49. The van der Waals surface area contributed by atoms with Crippen molar-refractivity contribution >= 4 is 34.1 Å². The molecule has 0 saturated heterocycles. The van der Waals surface area contributed by atoms with Crippen LogP contribution in [0.1, 0.15) is 31.2 Å². The Labute approximate surface area is 213 Å². The molecule has 35 heavy (non-hydrogen) atoms. The fraction of sp³-hybridized carbons (Fsp3) is 0.231. The van der Waals surface area contributed by atoms with Crippen molar-refractivity contribution in [2.75, 3.05) is 11.1 Å². The summed E-state index contributed by atoms with van der Waals surface area (Å²) in [7, 11) is 0. The summed E-state index contributed by atoms with van der Waals surface area (Å²) in [4.78, 5) is 17.0. The standard InChI is InChI=1S/C26H27N5O2S2/c1-4-14-31-23(15-33-21-12-10-19(11-13-21)18(2)3)29-30-26(31)35-17-24(32)28-25-27-22(16-34-25)20-8-6-5-7-9-20/h4-13,16,18H,1,14-15,17H2,2-3H3,(H,27,28,32). The lowest BCUT2D eigenvalue weighted by molar-refractivity contribution is -0.113. The molecule has 2 heterocycles. The quantitative estimate of drug-likeness (QED) is 0.198. The largest absolute Gasteiger partial charge is 0.486 e. The number of rotatable bonds is 11. The highest BCUT2D eigenvalue weighted by molar-refractivity contribution is 7.99. The van der Waals surface area contributed by atoms with E-state index < -0.39 is 0 Å². The third-order valence-electron chi connectivity index (χ3n) is 5.17. The molecule has 0 unspecified atom stereocenters. The number of carbonyl (C=O) groups is 1. The number of ether oxygens (including phenoxy) is 1. The fourth-order valence-corrected chi connectivity index (χ4v) is 4.80. The zero-order valence-electron chi connectivity index (χ0n) is 19.7. The Balaban J connectivity index is 1.34. The molecule has 0 aliphatic rings. The summed E-state index contributed by atoms with van der Waals surface area (Å²) in [6.07, 6.45) is 1.77. The van der Waals surface area contributed by atoms with E-state index in [9.17, 15) is 4.79 Å². The van der Waals surface area contributed by atoms with Gasteiger partial charge in [0.25, 0.3) is 0 Å². The summed E-state index contributed by atoms with van der Waals surface area (Å²) in [5.41, 5.74) is 3.12. The Morgan fingerprint density at radius 2 is 1.94 bits per heavy atom. The topological polar surface area (TPSA) is 81.9 Å². The normalized spacial score (nSPS) is 10.9. The molecular weight excluding hydrogens is 478 g/mol. The van der Waals surface area contributed by atoms with E-state index in [-0.39, 0.29) is 18.3 Å². The molecule has 2 aromatic carbocycles. The van der Waals surface area contributed by atoms with Crippen LogP contribution in [0.25, 0.3) is 11.3 Å². The summed E-state index contributed by atoms with van der Waals surface area (Å²) in [6.45, 7) is 8.94. The number of carbonyl (C=O) groups excluding carboxylic acids is 1. The second kappa shape index (κ2) is 11.8. The monoisotopic (exact) mass is 505 g/mol. The Kier molecular flexibility index (Phi) is 8.33. The molecule has 0 aliphatic heterocycles. The average molecular weight is 506 g/mol. The van der Waals surface area contributed by atoms with Gasteiger partial charge < -0.3 is 10.1 Å². The first-order valence-electron chi connectivity index (χ1n) is 11.2. The zero-order chi connectivity index (χ0) is 24.6. The molecule has 0 atom stereocenters. The smallest absolute Gasteiger partial charge is 0.236 e. The highest BCUT2D eigenvalue weighted by Gasteiger charge is 2.15. The van der Waals surface area contributed by atoms with Crippen LogP contribution in [0.5, 0.6) is 5.75 Å². The van der Waals surface area contributed by atoms with Gasteiger partial charge in [0, 0.05) is 17.5 Å². The summed E-state index contributed by atoms with van der Waals surface area (Å²) >= 11 is 2.72. The molecule has 1 amide bonds. The van der Waals surface area contributed by atoms with Gasteiger partial charge in [0.1, 0.15) is 12.4 Å². The van der Waals surface area contributed by atoms with Gasteiger partial charge in [0.05, 0.1) is 11.4 Å². The maximum absolute atomic E-state index is 12.5. The van der Waals surface area contributed by atoms with E-state index in [4.69, 9.17) is 4.74 Å². The molecule has 0 spiro atoms. The van der Waals surface area contributed by atoms with Crippen molar-refractivity contribution in [2.24, 2.45) is 0 Å². The molecule has 180 valence electrons. The second-order valence-electron chi connectivity index (χ2n) is 8.05. The number of thioether (sulfide) groups is 1. The number of hydrogen-bond acceptors (Lipinski definition) is 7. The molecule has 0 bridgehead atoms. The number of aromatic nitrogens is 4. The summed E-state index contributed by atoms with van der Waals surface area (Å²) in [5.74, 6) is 1.95. The molecule has 4 aromatic rings. The van der Waals surface area contributed by atoms with Crippen LogP contribution in [0.4, 0.5) is 5.13 Å². The van der Waals surface area contributed by atoms with Crippen LogP contribution in [0.2, 0.25) is 0 Å². The van der Waals surface area contributed by atoms with Crippen LogP contribution in [-0.4, -0.2) is 31.4 Å². The van der Waals surface area contributed by atoms with Crippen molar-refractivity contribution in [3.8, 4) is 17.0 Å². The zero-order valence-corrected chi connectivity index (χ0v) is 21.3. The van der Waals surface area contributed by atoms with Crippen molar-refractivity contribution in [1.29, 1.82) is 0 Å². The highest BCUT2D eigenvalue weighted by Crippen LogP contribution is 2.25. The summed E-state index contributed by atoms with van der Waals surface area (Å²) < 4.78 is 7.82. The predicted molar refractivity (Wildman–Crippen MR) is 142 cm³/mol. The first-order valence-corrected chi connectivity index (χ1v) is 13.1. The van der Waals surface area contributed by atoms with E-state index in [1.165, 1.54) is 28.7 Å². The lowest BCUT2D eigenvalue weighted by Gasteiger charge is -2.10. The van der Waals surface area contributed by atoms with Gasteiger partial charge in [-0.15, -0.1) is 28.1 Å². The van der Waals surface area contributed by atoms with Gasteiger partial charge in [-0.05, 0) is 23.6 Å². The van der Waals surface area contributed by atoms with Crippen molar-refractivity contribution in [2.45, 2.75) is 38.1 Å². The molecule has 4 rings (SSSR count). The third kappa shape index (κ3) is 6.58. The number of amides is 1. The SMILES string of the molecule is C=CCn1c(COc2ccc(C(C)C)cc2)nnc1SCC(=O)Nc1nc(-c2ccccc2)cs1. The Bertz CT molecular complexity index is 1270. The van der Waals surface area contributed by atoms with E-state index >= 15 is 0 Å². The van der Waals surface area contributed by atoms with Crippen LogP contribution in [0, 0.1) is 0 Å². The lowest BCUT2D eigenvalue weighted by atomic mass is 10.0.